The molecule has 8 heteroatoms. The van der Waals surface area contributed by atoms with Crippen LogP contribution in [0, 0.1) is 18.8 Å². The van der Waals surface area contributed by atoms with E-state index in [1.807, 2.05) is 51.1 Å². The molecule has 7 nitrogen and oxygen atoms in total. The zero-order valence-corrected chi connectivity index (χ0v) is 25.0. The summed E-state index contributed by atoms with van der Waals surface area (Å²) in [6.45, 7) is 8.55. The number of phenols is 1. The molecule has 40 heavy (non-hydrogen) atoms. The van der Waals surface area contributed by atoms with E-state index in [1.165, 1.54) is 12.8 Å². The molecule has 2 aromatic carbocycles. The van der Waals surface area contributed by atoms with E-state index in [1.54, 1.807) is 36.9 Å². The third-order valence-corrected chi connectivity index (χ3v) is 9.29. The molecule has 1 saturated carbocycles. The maximum Gasteiger partial charge on any atom is 0.252 e. The van der Waals surface area contributed by atoms with E-state index in [2.05, 4.69) is 15.2 Å². The molecule has 1 aliphatic carbocycles. The lowest BCUT2D eigenvalue weighted by Crippen LogP contribution is -2.59. The minimum absolute atomic E-state index is 0.0581. The highest BCUT2D eigenvalue weighted by molar-refractivity contribution is 7.99. The standard InChI is InChI=1S/C32H45N3O4S/c1-21-25(15-10-16-28(21)36)30(38)33-26(20-40-24-13-6-5-7-14-24)29(37)19-35-18-23-12-9-8-11-22(23)17-27(35)31(39)34-32(2,3)4/h5-7,10,13-16,22-23,26-27,29,36-37H,8-9,11-12,17-20H2,1-4H3,(H,33,38)(H,34,39)/p-1/t22-,23+,26-,27-,29+/m0/s1. The minimum atomic E-state index is -0.900. The molecule has 5 atom stereocenters. The maximum absolute atomic E-state index is 13.4. The molecular formula is C32H44N3O4S-. The molecule has 0 spiro atoms. The minimum Gasteiger partial charge on any atom is -0.861 e. The van der Waals surface area contributed by atoms with Crippen LogP contribution in [-0.2, 0) is 0 Å². The lowest BCUT2D eigenvalue weighted by Gasteiger charge is -2.49. The number of aliphatic hydroxyl groups is 1. The number of likely N-dealkylation sites (tertiary alicyclic amines) is 1. The number of carbonyl (C=O) groups is 1. The zero-order chi connectivity index (χ0) is 28.9. The number of nitrogens with one attached hydrogen (secondary N) is 1. The van der Waals surface area contributed by atoms with Crippen LogP contribution in [0.15, 0.2) is 58.4 Å². The van der Waals surface area contributed by atoms with E-state index in [4.69, 9.17) is 0 Å². The number of rotatable bonds is 9. The SMILES string of the molecule is Cc1c(O)cccc1C(=O)N[C@@H](CSc1ccccc1)[C@H](O)CN1C[C@H]2CCCC[C@H]2C[C@H]1C([O-])=NC(C)(C)C. The number of phenolic OH excluding ortho intramolecular Hbond substituents is 1. The molecule has 0 bridgehead atoms. The summed E-state index contributed by atoms with van der Waals surface area (Å²) in [7, 11) is 0. The lowest BCUT2D eigenvalue weighted by molar-refractivity contribution is -0.229. The van der Waals surface area contributed by atoms with Gasteiger partial charge in [-0.05, 0) is 82.5 Å². The highest BCUT2D eigenvalue weighted by atomic mass is 32.2. The fourth-order valence-corrected chi connectivity index (χ4v) is 7.03. The highest BCUT2D eigenvalue weighted by Crippen LogP contribution is 2.39. The quantitative estimate of drug-likeness (QED) is 0.236. The van der Waals surface area contributed by atoms with Crippen molar-refractivity contribution in [3.63, 3.8) is 0 Å². The van der Waals surface area contributed by atoms with Crippen LogP contribution in [0.25, 0.3) is 0 Å². The predicted octanol–water partition coefficient (Wildman–Crippen LogP) is 4.39. The third-order valence-electron chi connectivity index (χ3n) is 8.16. The van der Waals surface area contributed by atoms with Gasteiger partial charge in [-0.15, -0.1) is 11.8 Å². The molecule has 1 amide bonds. The van der Waals surface area contributed by atoms with Gasteiger partial charge in [0.1, 0.15) is 5.75 Å². The summed E-state index contributed by atoms with van der Waals surface area (Å²) in [4.78, 5) is 21.0. The second-order valence-corrected chi connectivity index (χ2v) is 13.4. The summed E-state index contributed by atoms with van der Waals surface area (Å²) in [6, 6.07) is 13.8. The topological polar surface area (TPSA) is 108 Å². The largest absolute Gasteiger partial charge is 0.861 e. The molecular weight excluding hydrogens is 522 g/mol. The van der Waals surface area contributed by atoms with Gasteiger partial charge in [0.05, 0.1) is 17.7 Å². The number of aliphatic hydroxyl groups excluding tert-OH is 1. The van der Waals surface area contributed by atoms with Gasteiger partial charge in [0.25, 0.3) is 5.91 Å². The van der Waals surface area contributed by atoms with Crippen molar-refractivity contribution in [2.75, 3.05) is 18.8 Å². The number of benzene rings is 2. The summed E-state index contributed by atoms with van der Waals surface area (Å²) in [5.74, 6) is 1.10. The Labute approximate surface area is 243 Å². The first-order valence-corrected chi connectivity index (χ1v) is 15.5. The Morgan fingerprint density at radius 3 is 2.52 bits per heavy atom. The van der Waals surface area contributed by atoms with Gasteiger partial charge in [-0.25, -0.2) is 0 Å². The van der Waals surface area contributed by atoms with Crippen molar-refractivity contribution in [3.05, 3.63) is 59.7 Å². The first-order chi connectivity index (χ1) is 19.0. The Morgan fingerprint density at radius 1 is 1.12 bits per heavy atom. The Hall–Kier alpha value is -2.55. The summed E-state index contributed by atoms with van der Waals surface area (Å²) >= 11 is 1.57. The van der Waals surface area contributed by atoms with Gasteiger partial charge in [0.2, 0.25) is 0 Å². The summed E-state index contributed by atoms with van der Waals surface area (Å²) < 4.78 is 0. The first kappa shape index (κ1) is 30.4. The number of amides is 1. The molecule has 3 N–H and O–H groups in total. The molecule has 2 aromatic rings. The summed E-state index contributed by atoms with van der Waals surface area (Å²) in [5.41, 5.74) is 0.409. The molecule has 218 valence electrons. The number of aliphatic imine (C=N–C) groups is 1. The van der Waals surface area contributed by atoms with E-state index in [0.717, 1.165) is 30.7 Å². The number of hydrogen-bond donors (Lipinski definition) is 3. The Balaban J connectivity index is 1.56. The molecule has 2 fully saturated rings. The van der Waals surface area contributed by atoms with Crippen LogP contribution >= 0.6 is 11.8 Å². The Morgan fingerprint density at radius 2 is 1.82 bits per heavy atom. The molecule has 4 rings (SSSR count). The second-order valence-electron chi connectivity index (χ2n) is 12.4. The van der Waals surface area contributed by atoms with Crippen molar-refractivity contribution >= 4 is 23.6 Å². The average molecular weight is 567 g/mol. The number of piperidine rings is 1. The fourth-order valence-electron chi connectivity index (χ4n) is 6.00. The van der Waals surface area contributed by atoms with Crippen molar-refractivity contribution in [2.24, 2.45) is 16.8 Å². The van der Waals surface area contributed by atoms with Crippen LogP contribution in [-0.4, -0.2) is 69.5 Å². The predicted molar refractivity (Wildman–Crippen MR) is 160 cm³/mol. The lowest BCUT2D eigenvalue weighted by atomic mass is 9.72. The highest BCUT2D eigenvalue weighted by Gasteiger charge is 2.38. The molecule has 0 unspecified atom stereocenters. The number of β-amino-alcohol motifs (C(OH)–C–C–N with tert-alkyl or cyclic N) is 1. The van der Waals surface area contributed by atoms with Gasteiger partial charge in [-0.2, -0.15) is 0 Å². The molecule has 2 aliphatic rings. The third kappa shape index (κ3) is 8.02. The second kappa shape index (κ2) is 13.4. The maximum atomic E-state index is 13.4. The van der Waals surface area contributed by atoms with Crippen LogP contribution in [0.3, 0.4) is 0 Å². The van der Waals surface area contributed by atoms with Gasteiger partial charge < -0.3 is 20.6 Å². The summed E-state index contributed by atoms with van der Waals surface area (Å²) in [6.07, 6.45) is 4.58. The molecule has 1 saturated heterocycles. The van der Waals surface area contributed by atoms with E-state index >= 15 is 0 Å². The number of hydrogen-bond acceptors (Lipinski definition) is 7. The van der Waals surface area contributed by atoms with Crippen LogP contribution in [0.5, 0.6) is 5.75 Å². The van der Waals surface area contributed by atoms with Crippen molar-refractivity contribution in [1.29, 1.82) is 0 Å². The molecule has 0 aromatic heterocycles. The van der Waals surface area contributed by atoms with E-state index in [-0.39, 0.29) is 30.1 Å². The Bertz CT molecular complexity index is 1170. The van der Waals surface area contributed by atoms with Crippen molar-refractivity contribution in [1.82, 2.24) is 10.2 Å². The van der Waals surface area contributed by atoms with Crippen LogP contribution in [0.2, 0.25) is 0 Å². The number of carbonyl (C=O) groups excluding carboxylic acids is 1. The van der Waals surface area contributed by atoms with Gasteiger partial charge in [0, 0.05) is 40.9 Å². The zero-order valence-electron chi connectivity index (χ0n) is 24.2. The van der Waals surface area contributed by atoms with Crippen LogP contribution in [0.1, 0.15) is 68.8 Å². The van der Waals surface area contributed by atoms with Gasteiger partial charge in [0.15, 0.2) is 0 Å². The van der Waals surface area contributed by atoms with Crippen LogP contribution < -0.4 is 10.4 Å². The van der Waals surface area contributed by atoms with Gasteiger partial charge in [-0.1, -0.05) is 43.5 Å². The van der Waals surface area contributed by atoms with E-state index in [0.29, 0.717) is 28.7 Å². The van der Waals surface area contributed by atoms with Gasteiger partial charge in [-0.3, -0.25) is 14.7 Å². The van der Waals surface area contributed by atoms with Crippen molar-refractivity contribution < 1.29 is 20.1 Å². The molecule has 1 heterocycles. The molecule has 1 aliphatic heterocycles. The Kier molecular flexibility index (Phi) is 10.2. The average Bonchev–Trinajstić information content (AvgIpc) is 2.91. The normalized spacial score (nSPS) is 23.7. The number of fused-ring (bicyclic) bond motifs is 1. The monoisotopic (exact) mass is 566 g/mol. The number of thioether (sulfide) groups is 1. The summed E-state index contributed by atoms with van der Waals surface area (Å²) in [5, 5.41) is 38.2. The van der Waals surface area contributed by atoms with E-state index < -0.39 is 17.7 Å². The van der Waals surface area contributed by atoms with Gasteiger partial charge >= 0.3 is 0 Å². The number of aromatic hydroxyl groups is 1. The van der Waals surface area contributed by atoms with Crippen molar-refractivity contribution in [3.8, 4) is 5.75 Å². The number of nitrogens with zero attached hydrogens (tertiary/aromatic N) is 2. The van der Waals surface area contributed by atoms with Crippen LogP contribution in [0.4, 0.5) is 0 Å². The molecule has 0 radical (unpaired) electrons. The first-order valence-electron chi connectivity index (χ1n) is 14.5. The van der Waals surface area contributed by atoms with Crippen molar-refractivity contribution in [2.45, 2.75) is 88.4 Å². The smallest absolute Gasteiger partial charge is 0.252 e. The fraction of sp³-hybridized carbons (Fsp3) is 0.562. The van der Waals surface area contributed by atoms with E-state index in [9.17, 15) is 20.1 Å².